The van der Waals surface area contributed by atoms with Crippen molar-refractivity contribution in [3.05, 3.63) is 59.9 Å². The molecular formula is C23H24F3N7O4. The first-order valence-electron chi connectivity index (χ1n) is 11.5. The summed E-state index contributed by atoms with van der Waals surface area (Å²) in [6.45, 7) is 3.86. The number of halogens is 3. The number of urea groups is 1. The average Bonchev–Trinajstić information content (AvgIpc) is 3.35. The molecule has 0 aliphatic carbocycles. The van der Waals surface area contributed by atoms with Gasteiger partial charge in [-0.25, -0.2) is 27.9 Å². The number of carbonyl (C=O) groups is 1. The zero-order valence-corrected chi connectivity index (χ0v) is 19.8. The maximum Gasteiger partial charge on any atom is 0.322 e. The quantitative estimate of drug-likeness (QED) is 0.446. The lowest BCUT2D eigenvalue weighted by molar-refractivity contribution is -0.0127. The second-order valence-electron chi connectivity index (χ2n) is 8.99. The number of aliphatic hydroxyl groups is 2. The molecular weight excluding hydrogens is 495 g/mol. The van der Waals surface area contributed by atoms with E-state index in [1.165, 1.54) is 23.5 Å². The van der Waals surface area contributed by atoms with Gasteiger partial charge in [-0.05, 0) is 19.9 Å². The second-order valence-corrected chi connectivity index (χ2v) is 8.99. The van der Waals surface area contributed by atoms with Crippen molar-refractivity contribution in [3.8, 4) is 6.01 Å². The van der Waals surface area contributed by atoms with Crippen LogP contribution in [0.15, 0.2) is 36.8 Å². The van der Waals surface area contributed by atoms with Gasteiger partial charge in [-0.15, -0.1) is 0 Å². The van der Waals surface area contributed by atoms with E-state index in [0.29, 0.717) is 30.1 Å². The molecule has 0 bridgehead atoms. The first kappa shape index (κ1) is 24.8. The highest BCUT2D eigenvalue weighted by Crippen LogP contribution is 2.36. The van der Waals surface area contributed by atoms with Crippen molar-refractivity contribution in [3.63, 3.8) is 0 Å². The molecule has 0 saturated carbocycles. The second kappa shape index (κ2) is 9.52. The number of carbonyl (C=O) groups excluding carboxylic acids is 1. The van der Waals surface area contributed by atoms with E-state index in [-0.39, 0.29) is 24.3 Å². The first-order valence-corrected chi connectivity index (χ1v) is 11.5. The van der Waals surface area contributed by atoms with Crippen LogP contribution in [-0.4, -0.2) is 71.4 Å². The zero-order chi connectivity index (χ0) is 26.4. The van der Waals surface area contributed by atoms with E-state index in [1.54, 1.807) is 29.5 Å². The predicted molar refractivity (Wildman–Crippen MR) is 123 cm³/mol. The fourth-order valence-electron chi connectivity index (χ4n) is 4.71. The molecule has 3 N–H and O–H groups in total. The molecule has 1 aromatic carbocycles. The number of nitrogens with one attached hydrogen (secondary N) is 1. The number of fused-ring (bicyclic) bond motifs is 1. The molecule has 5 atom stereocenters. The van der Waals surface area contributed by atoms with Gasteiger partial charge in [0.05, 0.1) is 42.8 Å². The van der Waals surface area contributed by atoms with Crippen molar-refractivity contribution in [2.45, 2.75) is 57.5 Å². The Morgan fingerprint density at radius 3 is 2.49 bits per heavy atom. The lowest BCUT2D eigenvalue weighted by Crippen LogP contribution is -2.47. The molecule has 2 aliphatic heterocycles. The smallest absolute Gasteiger partial charge is 0.322 e. The molecule has 196 valence electrons. The summed E-state index contributed by atoms with van der Waals surface area (Å²) in [5, 5.41) is 28.4. The van der Waals surface area contributed by atoms with Gasteiger partial charge in [0.25, 0.3) is 0 Å². The van der Waals surface area contributed by atoms with Crippen LogP contribution in [0.4, 0.5) is 29.3 Å². The van der Waals surface area contributed by atoms with Crippen molar-refractivity contribution < 1.29 is 32.9 Å². The SMILES string of the molecule is C[C@@H]1[C@@H](Oc2ncccn2)[C@H](O)C(O)N1c1cnn2c1CN(C(=O)Nc1cc(F)c(F)c(F)c1)[C@@H](C)C2. The first-order chi connectivity index (χ1) is 17.7. The zero-order valence-electron chi connectivity index (χ0n) is 19.8. The number of amides is 2. The van der Waals surface area contributed by atoms with E-state index in [1.807, 2.05) is 0 Å². The monoisotopic (exact) mass is 519 g/mol. The minimum absolute atomic E-state index is 0.0356. The maximum atomic E-state index is 13.6. The number of anilines is 2. The minimum Gasteiger partial charge on any atom is -0.455 e. The number of benzene rings is 1. The largest absolute Gasteiger partial charge is 0.455 e. The van der Waals surface area contributed by atoms with Crippen LogP contribution in [0.3, 0.4) is 0 Å². The highest BCUT2D eigenvalue weighted by molar-refractivity contribution is 5.89. The molecule has 1 unspecified atom stereocenters. The Morgan fingerprint density at radius 2 is 1.81 bits per heavy atom. The van der Waals surface area contributed by atoms with Crippen LogP contribution in [0.1, 0.15) is 19.5 Å². The Kier molecular flexibility index (Phi) is 6.37. The van der Waals surface area contributed by atoms with Crippen LogP contribution in [0.25, 0.3) is 0 Å². The molecule has 4 heterocycles. The molecule has 2 amide bonds. The summed E-state index contributed by atoms with van der Waals surface area (Å²) in [7, 11) is 0. The topological polar surface area (TPSA) is 129 Å². The average molecular weight is 519 g/mol. The Morgan fingerprint density at radius 1 is 1.14 bits per heavy atom. The fraction of sp³-hybridized carbons (Fsp3) is 0.391. The third-order valence-corrected chi connectivity index (χ3v) is 6.61. The van der Waals surface area contributed by atoms with Crippen molar-refractivity contribution in [1.29, 1.82) is 0 Å². The highest BCUT2D eigenvalue weighted by Gasteiger charge is 2.49. The van der Waals surface area contributed by atoms with E-state index < -0.39 is 48.0 Å². The summed E-state index contributed by atoms with van der Waals surface area (Å²) >= 11 is 0. The summed E-state index contributed by atoms with van der Waals surface area (Å²) in [6.07, 6.45) is 1.02. The minimum atomic E-state index is -1.63. The van der Waals surface area contributed by atoms with Crippen LogP contribution < -0.4 is 15.0 Å². The van der Waals surface area contributed by atoms with E-state index >= 15 is 0 Å². The van der Waals surface area contributed by atoms with Gasteiger partial charge in [0.1, 0.15) is 6.10 Å². The van der Waals surface area contributed by atoms with Gasteiger partial charge in [0, 0.05) is 30.2 Å². The molecule has 1 saturated heterocycles. The van der Waals surface area contributed by atoms with Crippen molar-refractivity contribution in [1.82, 2.24) is 24.6 Å². The molecule has 2 aromatic heterocycles. The maximum absolute atomic E-state index is 13.6. The van der Waals surface area contributed by atoms with Crippen LogP contribution in [0.2, 0.25) is 0 Å². The molecule has 0 radical (unpaired) electrons. The Balaban J connectivity index is 1.37. The number of aromatic nitrogens is 4. The highest BCUT2D eigenvalue weighted by atomic mass is 19.2. The molecule has 5 rings (SSSR count). The van der Waals surface area contributed by atoms with Gasteiger partial charge in [-0.3, -0.25) is 4.68 Å². The summed E-state index contributed by atoms with van der Waals surface area (Å²) < 4.78 is 47.9. The number of hydrogen-bond acceptors (Lipinski definition) is 8. The number of ether oxygens (including phenoxy) is 1. The van der Waals surface area contributed by atoms with E-state index in [2.05, 4.69) is 20.4 Å². The number of hydrogen-bond donors (Lipinski definition) is 3. The van der Waals surface area contributed by atoms with Crippen molar-refractivity contribution in [2.75, 3.05) is 10.2 Å². The van der Waals surface area contributed by atoms with Gasteiger partial charge in [-0.1, -0.05) is 0 Å². The van der Waals surface area contributed by atoms with Gasteiger partial charge in [-0.2, -0.15) is 5.10 Å². The van der Waals surface area contributed by atoms with E-state index in [4.69, 9.17) is 4.74 Å². The molecule has 2 aliphatic rings. The van der Waals surface area contributed by atoms with Crippen LogP contribution in [0, 0.1) is 17.5 Å². The predicted octanol–water partition coefficient (Wildman–Crippen LogP) is 1.86. The van der Waals surface area contributed by atoms with Crippen LogP contribution >= 0.6 is 0 Å². The third-order valence-electron chi connectivity index (χ3n) is 6.61. The fourth-order valence-corrected chi connectivity index (χ4v) is 4.71. The van der Waals surface area contributed by atoms with Crippen LogP contribution in [0.5, 0.6) is 6.01 Å². The van der Waals surface area contributed by atoms with Gasteiger partial charge >= 0.3 is 12.0 Å². The summed E-state index contributed by atoms with van der Waals surface area (Å²) in [5.74, 6) is -4.47. The van der Waals surface area contributed by atoms with Crippen molar-refractivity contribution >= 4 is 17.4 Å². The number of aliphatic hydroxyl groups excluding tert-OH is 2. The molecule has 14 heteroatoms. The lowest BCUT2D eigenvalue weighted by Gasteiger charge is -2.36. The molecule has 0 spiro atoms. The summed E-state index contributed by atoms with van der Waals surface area (Å²) in [6, 6.07) is 1.52. The van der Waals surface area contributed by atoms with Gasteiger partial charge in [0.15, 0.2) is 29.8 Å². The Hall–Kier alpha value is -3.91. The molecule has 37 heavy (non-hydrogen) atoms. The Labute approximate surface area is 209 Å². The van der Waals surface area contributed by atoms with Gasteiger partial charge < -0.3 is 30.1 Å². The van der Waals surface area contributed by atoms with Crippen LogP contribution in [-0.2, 0) is 13.1 Å². The normalized spacial score (nSPS) is 25.2. The van der Waals surface area contributed by atoms with E-state index in [0.717, 1.165) is 0 Å². The summed E-state index contributed by atoms with van der Waals surface area (Å²) in [5.41, 5.74) is 0.810. The summed E-state index contributed by atoms with van der Waals surface area (Å²) in [4.78, 5) is 24.0. The van der Waals surface area contributed by atoms with Gasteiger partial charge in [0.2, 0.25) is 0 Å². The molecule has 1 fully saturated rings. The number of rotatable bonds is 4. The Bertz CT molecular complexity index is 1290. The third kappa shape index (κ3) is 4.42. The molecule has 3 aromatic rings. The van der Waals surface area contributed by atoms with Crippen molar-refractivity contribution in [2.24, 2.45) is 0 Å². The molecule has 11 nitrogen and oxygen atoms in total. The van der Waals surface area contributed by atoms with E-state index in [9.17, 15) is 28.2 Å². The lowest BCUT2D eigenvalue weighted by atomic mass is 10.1. The standard InChI is InChI=1S/C23H24F3N7O4/c1-11-9-32-17(10-31(11)23(36)30-13-6-14(24)18(26)15(25)7-13)16(8-29-32)33-12(2)20(19(34)21(33)35)37-22-27-4-3-5-28-22/h3-8,11-12,19-21,34-35H,9-10H2,1-2H3,(H,30,36)/t11-,12+,19-,20+,21?/m0/s1. The number of nitrogens with zero attached hydrogens (tertiary/aromatic N) is 6.